The third kappa shape index (κ3) is 7.10. The highest BCUT2D eigenvalue weighted by molar-refractivity contribution is 14.1. The molecule has 2 aromatic rings. The number of hydrogen-bond acceptors (Lipinski definition) is 5. The Kier molecular flexibility index (Phi) is 9.57. The minimum atomic E-state index is -0.765. The van der Waals surface area contributed by atoms with Gasteiger partial charge in [0.25, 0.3) is 11.8 Å². The lowest BCUT2D eigenvalue weighted by atomic mass is 10.0. The summed E-state index contributed by atoms with van der Waals surface area (Å²) in [6.07, 6.45) is 1.51. The molecule has 0 fully saturated rings. The van der Waals surface area contributed by atoms with E-state index >= 15 is 0 Å². The third-order valence-electron chi connectivity index (χ3n) is 4.25. The fourth-order valence-electron chi connectivity index (χ4n) is 2.73. The smallest absolute Gasteiger partial charge is 0.262 e. The van der Waals surface area contributed by atoms with Crippen LogP contribution in [0.3, 0.4) is 0 Å². The molecule has 2 aromatic carbocycles. The van der Waals surface area contributed by atoms with Gasteiger partial charge in [-0.15, -0.1) is 0 Å². The molecule has 0 aliphatic rings. The summed E-state index contributed by atoms with van der Waals surface area (Å²) in [5.74, 6) is 0.288. The number of nitrogens with one attached hydrogen (secondary N) is 2. The monoisotopic (exact) mass is 557 g/mol. The number of benzene rings is 2. The fourth-order valence-corrected chi connectivity index (χ4v) is 3.70. The molecule has 0 saturated heterocycles. The number of amides is 2. The van der Waals surface area contributed by atoms with Gasteiger partial charge in [-0.25, -0.2) is 5.43 Å². The summed E-state index contributed by atoms with van der Waals surface area (Å²) < 4.78 is 11.8. The highest BCUT2D eigenvalue weighted by atomic mass is 127. The molecule has 0 bridgehead atoms. The van der Waals surface area contributed by atoms with Crippen LogP contribution in [0.25, 0.3) is 0 Å². The molecule has 0 aliphatic heterocycles. The minimum Gasteiger partial charge on any atom is -0.493 e. The van der Waals surface area contributed by atoms with Crippen molar-refractivity contribution in [2.24, 2.45) is 11.0 Å². The van der Waals surface area contributed by atoms with E-state index in [9.17, 15) is 9.59 Å². The van der Waals surface area contributed by atoms with Crippen LogP contribution in [0.1, 0.15) is 36.7 Å². The van der Waals surface area contributed by atoms with Crippen LogP contribution < -0.4 is 20.2 Å². The third-order valence-corrected chi connectivity index (χ3v) is 5.29. The highest BCUT2D eigenvalue weighted by Crippen LogP contribution is 2.33. The van der Waals surface area contributed by atoms with E-state index in [0.29, 0.717) is 28.7 Å². The zero-order valence-electron chi connectivity index (χ0n) is 17.7. The van der Waals surface area contributed by atoms with Gasteiger partial charge in [0, 0.05) is 10.6 Å². The topological polar surface area (TPSA) is 89.0 Å². The first-order valence-electron chi connectivity index (χ1n) is 9.66. The van der Waals surface area contributed by atoms with Crippen LogP contribution in [0.2, 0.25) is 5.02 Å². The van der Waals surface area contributed by atoms with Gasteiger partial charge in [-0.3, -0.25) is 9.59 Å². The maximum absolute atomic E-state index is 12.6. The molecule has 2 N–H and O–H groups in total. The van der Waals surface area contributed by atoms with E-state index in [0.717, 1.165) is 9.13 Å². The summed E-state index contributed by atoms with van der Waals surface area (Å²) in [5.41, 5.74) is 3.60. The Bertz CT molecular complexity index is 966. The van der Waals surface area contributed by atoms with Crippen molar-refractivity contribution in [3.05, 3.63) is 56.1 Å². The summed E-state index contributed by atoms with van der Waals surface area (Å²) in [5, 5.41) is 7.22. The quantitative estimate of drug-likeness (QED) is 0.274. The van der Waals surface area contributed by atoms with Crippen molar-refractivity contribution < 1.29 is 19.1 Å². The molecular formula is C22H25ClIN3O4. The fraction of sp³-hybridized carbons (Fsp3) is 0.318. The van der Waals surface area contributed by atoms with Crippen molar-refractivity contribution in [3.63, 3.8) is 0 Å². The van der Waals surface area contributed by atoms with E-state index in [1.807, 2.05) is 26.8 Å². The standard InChI is InChI=1S/C22H25ClIN3O4/c1-5-31-20-17(24)9-14(10-18(20)30-4)12-25-27-22(29)19(13(2)3)26-21(28)15-7-6-8-16(23)11-15/h6-13,19H,5H2,1-4H3,(H,26,28)(H,27,29). The van der Waals surface area contributed by atoms with Gasteiger partial charge in [0.05, 0.1) is 23.5 Å². The lowest BCUT2D eigenvalue weighted by molar-refractivity contribution is -0.123. The Hall–Kier alpha value is -2.33. The van der Waals surface area contributed by atoms with Crippen molar-refractivity contribution in [3.8, 4) is 11.5 Å². The van der Waals surface area contributed by atoms with Crippen LogP contribution in [0.15, 0.2) is 41.5 Å². The van der Waals surface area contributed by atoms with Crippen molar-refractivity contribution in [2.75, 3.05) is 13.7 Å². The first-order valence-corrected chi connectivity index (χ1v) is 11.1. The molecular weight excluding hydrogens is 533 g/mol. The maximum Gasteiger partial charge on any atom is 0.262 e. The Balaban J connectivity index is 2.08. The zero-order chi connectivity index (χ0) is 23.0. The predicted octanol–water partition coefficient (Wildman–Crippen LogP) is 4.26. The van der Waals surface area contributed by atoms with Crippen LogP contribution in [0.4, 0.5) is 0 Å². The largest absolute Gasteiger partial charge is 0.493 e. The van der Waals surface area contributed by atoms with Crippen molar-refractivity contribution in [1.29, 1.82) is 0 Å². The summed E-state index contributed by atoms with van der Waals surface area (Å²) in [7, 11) is 1.56. The van der Waals surface area contributed by atoms with E-state index in [4.69, 9.17) is 21.1 Å². The summed E-state index contributed by atoms with van der Waals surface area (Å²) >= 11 is 8.09. The van der Waals surface area contributed by atoms with Gasteiger partial charge in [-0.05, 0) is 71.3 Å². The van der Waals surface area contributed by atoms with Crippen molar-refractivity contribution in [1.82, 2.24) is 10.7 Å². The molecule has 0 spiro atoms. The number of hydrazone groups is 1. The van der Waals surface area contributed by atoms with Gasteiger partial charge in [0.2, 0.25) is 0 Å². The molecule has 0 aromatic heterocycles. The number of halogens is 2. The first kappa shape index (κ1) is 24.9. The zero-order valence-corrected chi connectivity index (χ0v) is 20.7. The normalized spacial score (nSPS) is 12.0. The van der Waals surface area contributed by atoms with E-state index in [2.05, 4.69) is 38.4 Å². The van der Waals surface area contributed by atoms with Gasteiger partial charge in [0.15, 0.2) is 11.5 Å². The number of rotatable bonds is 9. The molecule has 0 saturated carbocycles. The molecule has 0 aliphatic carbocycles. The second-order valence-electron chi connectivity index (χ2n) is 6.91. The molecule has 2 amide bonds. The molecule has 1 atom stereocenters. The Morgan fingerprint density at radius 1 is 1.26 bits per heavy atom. The molecule has 9 heteroatoms. The number of carbonyl (C=O) groups excluding carboxylic acids is 2. The van der Waals surface area contributed by atoms with Crippen LogP contribution in [-0.4, -0.2) is 37.8 Å². The van der Waals surface area contributed by atoms with Crippen LogP contribution in [0.5, 0.6) is 11.5 Å². The van der Waals surface area contributed by atoms with Crippen molar-refractivity contribution >= 4 is 52.2 Å². The molecule has 166 valence electrons. The summed E-state index contributed by atoms with van der Waals surface area (Å²) in [6.45, 7) is 6.10. The number of methoxy groups -OCH3 is 1. The lowest BCUT2D eigenvalue weighted by Crippen LogP contribution is -2.48. The van der Waals surface area contributed by atoms with E-state index in [-0.39, 0.29) is 11.8 Å². The highest BCUT2D eigenvalue weighted by Gasteiger charge is 2.24. The van der Waals surface area contributed by atoms with E-state index < -0.39 is 11.9 Å². The Morgan fingerprint density at radius 2 is 2.00 bits per heavy atom. The lowest BCUT2D eigenvalue weighted by Gasteiger charge is -2.20. The molecule has 0 radical (unpaired) electrons. The van der Waals surface area contributed by atoms with Gasteiger partial charge in [-0.2, -0.15) is 5.10 Å². The maximum atomic E-state index is 12.6. The van der Waals surface area contributed by atoms with E-state index in [1.54, 1.807) is 37.4 Å². The first-order chi connectivity index (χ1) is 14.8. The average Bonchev–Trinajstić information content (AvgIpc) is 2.73. The second-order valence-corrected chi connectivity index (χ2v) is 8.51. The minimum absolute atomic E-state index is 0.148. The molecule has 1 unspecified atom stereocenters. The Labute approximate surface area is 200 Å². The predicted molar refractivity (Wildman–Crippen MR) is 130 cm³/mol. The van der Waals surface area contributed by atoms with Gasteiger partial charge >= 0.3 is 0 Å². The number of ether oxygens (including phenoxy) is 2. The number of nitrogens with zero attached hydrogens (tertiary/aromatic N) is 1. The average molecular weight is 558 g/mol. The van der Waals surface area contributed by atoms with Crippen LogP contribution in [-0.2, 0) is 4.79 Å². The van der Waals surface area contributed by atoms with Crippen LogP contribution >= 0.6 is 34.2 Å². The van der Waals surface area contributed by atoms with E-state index in [1.165, 1.54) is 6.21 Å². The molecule has 2 rings (SSSR count). The van der Waals surface area contributed by atoms with Gasteiger partial charge < -0.3 is 14.8 Å². The van der Waals surface area contributed by atoms with Gasteiger partial charge in [-0.1, -0.05) is 31.5 Å². The summed E-state index contributed by atoms with van der Waals surface area (Å²) in [6, 6.07) is 9.41. The SMILES string of the molecule is CCOc1c(I)cc(C=NNC(=O)C(NC(=O)c2cccc(Cl)c2)C(C)C)cc1OC. The Morgan fingerprint density at radius 3 is 2.61 bits per heavy atom. The molecule has 7 nitrogen and oxygen atoms in total. The molecule has 31 heavy (non-hydrogen) atoms. The summed E-state index contributed by atoms with van der Waals surface area (Å²) in [4.78, 5) is 25.1. The van der Waals surface area contributed by atoms with Gasteiger partial charge in [0.1, 0.15) is 6.04 Å². The molecule has 0 heterocycles. The second kappa shape index (κ2) is 11.9. The van der Waals surface area contributed by atoms with Crippen molar-refractivity contribution in [2.45, 2.75) is 26.8 Å². The van der Waals surface area contributed by atoms with Crippen LogP contribution in [0, 0.1) is 9.49 Å². The number of carbonyl (C=O) groups is 2. The number of hydrogen-bond donors (Lipinski definition) is 2.